The summed E-state index contributed by atoms with van der Waals surface area (Å²) in [5.74, 6) is 1.45. The summed E-state index contributed by atoms with van der Waals surface area (Å²) in [4.78, 5) is 21.8. The summed E-state index contributed by atoms with van der Waals surface area (Å²) in [6, 6.07) is 25.8. The first kappa shape index (κ1) is 24.6. The highest BCUT2D eigenvalue weighted by Crippen LogP contribution is 2.28. The van der Waals surface area contributed by atoms with E-state index in [0.29, 0.717) is 12.1 Å². The zero-order valence-electron chi connectivity index (χ0n) is 20.8. The molecule has 0 aliphatic heterocycles. The minimum atomic E-state index is -0.0949. The lowest BCUT2D eigenvalue weighted by atomic mass is 10.1. The zero-order chi connectivity index (χ0) is 25.6. The molecule has 2 heterocycles. The number of rotatable bonds is 9. The van der Waals surface area contributed by atoms with Crippen LogP contribution in [0.1, 0.15) is 32.6 Å². The molecule has 3 aromatic carbocycles. The van der Waals surface area contributed by atoms with Crippen LogP contribution in [-0.4, -0.2) is 27.6 Å². The smallest absolute Gasteiger partial charge is 0.251 e. The van der Waals surface area contributed by atoms with Crippen LogP contribution in [0.5, 0.6) is 5.75 Å². The van der Waals surface area contributed by atoms with Gasteiger partial charge in [0.25, 0.3) is 5.91 Å². The predicted octanol–water partition coefficient (Wildman–Crippen LogP) is 6.02. The van der Waals surface area contributed by atoms with Crippen molar-refractivity contribution in [2.45, 2.75) is 30.9 Å². The number of hydrogen-bond acceptors (Lipinski definition) is 5. The number of aryl methyl sites for hydroxylation is 1. The van der Waals surface area contributed by atoms with Gasteiger partial charge in [-0.25, -0.2) is 4.98 Å². The molecule has 2 aromatic heterocycles. The fourth-order valence-corrected chi connectivity index (χ4v) is 5.07. The molecule has 0 saturated carbocycles. The van der Waals surface area contributed by atoms with E-state index in [2.05, 4.69) is 46.1 Å². The maximum Gasteiger partial charge on any atom is 0.251 e. The lowest BCUT2D eigenvalue weighted by molar-refractivity contribution is 0.0951. The Labute approximate surface area is 220 Å². The molecule has 186 valence electrons. The topological polar surface area (TPSA) is 69.0 Å². The molecule has 0 aliphatic rings. The van der Waals surface area contributed by atoms with Crippen molar-refractivity contribution in [2.75, 3.05) is 7.11 Å². The van der Waals surface area contributed by atoms with Crippen molar-refractivity contribution in [3.63, 3.8) is 0 Å². The molecular formula is C30H28N4O2S. The molecule has 0 atom stereocenters. The molecular weight excluding hydrogens is 480 g/mol. The minimum absolute atomic E-state index is 0.0949. The van der Waals surface area contributed by atoms with Gasteiger partial charge in [0.05, 0.1) is 30.9 Å². The summed E-state index contributed by atoms with van der Waals surface area (Å²) < 4.78 is 7.41. The Morgan fingerprint density at radius 2 is 1.73 bits per heavy atom. The monoisotopic (exact) mass is 508 g/mol. The third kappa shape index (κ3) is 5.84. The summed E-state index contributed by atoms with van der Waals surface area (Å²) in [6.07, 6.45) is 3.66. The number of nitrogens with zero attached hydrogens (tertiary/aromatic N) is 3. The van der Waals surface area contributed by atoms with Crippen LogP contribution in [0, 0.1) is 6.92 Å². The van der Waals surface area contributed by atoms with E-state index < -0.39 is 0 Å². The second-order valence-corrected chi connectivity index (χ2v) is 9.73. The number of carbonyl (C=O) groups excluding carboxylic acids is 1. The molecule has 5 rings (SSSR count). The third-order valence-corrected chi connectivity index (χ3v) is 7.35. The number of methoxy groups -OCH3 is 1. The lowest BCUT2D eigenvalue weighted by Crippen LogP contribution is -2.22. The summed E-state index contributed by atoms with van der Waals surface area (Å²) in [5.41, 5.74) is 7.27. The van der Waals surface area contributed by atoms with Gasteiger partial charge < -0.3 is 14.6 Å². The molecule has 0 aliphatic carbocycles. The molecule has 37 heavy (non-hydrogen) atoms. The fourth-order valence-electron chi connectivity index (χ4n) is 4.10. The lowest BCUT2D eigenvalue weighted by Gasteiger charge is -2.11. The van der Waals surface area contributed by atoms with Crippen LogP contribution >= 0.6 is 11.8 Å². The number of ether oxygens (including phenoxy) is 1. The average molecular weight is 509 g/mol. The Bertz CT molecular complexity index is 1510. The number of fused-ring (bicyclic) bond motifs is 1. The van der Waals surface area contributed by atoms with E-state index in [4.69, 9.17) is 9.72 Å². The van der Waals surface area contributed by atoms with Crippen molar-refractivity contribution in [3.05, 3.63) is 119 Å². The van der Waals surface area contributed by atoms with Crippen LogP contribution in [0.4, 0.5) is 0 Å². The van der Waals surface area contributed by atoms with Gasteiger partial charge in [-0.2, -0.15) is 0 Å². The Balaban J connectivity index is 1.25. The van der Waals surface area contributed by atoms with Crippen LogP contribution in [0.15, 0.2) is 96.4 Å². The van der Waals surface area contributed by atoms with E-state index in [0.717, 1.165) is 45.4 Å². The number of carbonyl (C=O) groups is 1. The molecule has 5 aromatic rings. The second kappa shape index (κ2) is 11.3. The van der Waals surface area contributed by atoms with Gasteiger partial charge in [-0.15, -0.1) is 0 Å². The van der Waals surface area contributed by atoms with Crippen molar-refractivity contribution >= 4 is 28.7 Å². The molecule has 6 nitrogen and oxygen atoms in total. The predicted molar refractivity (Wildman–Crippen MR) is 148 cm³/mol. The van der Waals surface area contributed by atoms with Gasteiger partial charge in [0.1, 0.15) is 5.75 Å². The SMILES string of the molecule is COc1ccc(CNC(=O)c2ccc(CSc3nc4ccncc4n3Cc3ccccc3C)cc2)cc1. The van der Waals surface area contributed by atoms with Gasteiger partial charge in [-0.3, -0.25) is 9.78 Å². The van der Waals surface area contributed by atoms with Gasteiger partial charge in [-0.1, -0.05) is 60.3 Å². The van der Waals surface area contributed by atoms with E-state index in [1.807, 2.05) is 60.8 Å². The fraction of sp³-hybridized carbons (Fsp3) is 0.167. The van der Waals surface area contributed by atoms with E-state index in [9.17, 15) is 4.79 Å². The highest BCUT2D eigenvalue weighted by atomic mass is 32.2. The van der Waals surface area contributed by atoms with E-state index >= 15 is 0 Å². The maximum absolute atomic E-state index is 12.6. The van der Waals surface area contributed by atoms with Gasteiger partial charge in [0.2, 0.25) is 0 Å². The molecule has 1 amide bonds. The van der Waals surface area contributed by atoms with Crippen LogP contribution in [0.3, 0.4) is 0 Å². The van der Waals surface area contributed by atoms with Gasteiger partial charge in [-0.05, 0) is 59.5 Å². The molecule has 1 N–H and O–H groups in total. The molecule has 0 radical (unpaired) electrons. The van der Waals surface area contributed by atoms with E-state index in [-0.39, 0.29) is 5.91 Å². The number of thioether (sulfide) groups is 1. The van der Waals surface area contributed by atoms with Crippen molar-refractivity contribution in [1.29, 1.82) is 0 Å². The Morgan fingerprint density at radius 3 is 2.49 bits per heavy atom. The molecule has 0 saturated heterocycles. The number of amides is 1. The molecule has 0 spiro atoms. The third-order valence-electron chi connectivity index (χ3n) is 6.30. The quantitative estimate of drug-likeness (QED) is 0.247. The van der Waals surface area contributed by atoms with Gasteiger partial charge in [0.15, 0.2) is 5.16 Å². The van der Waals surface area contributed by atoms with Crippen LogP contribution in [0.2, 0.25) is 0 Å². The first-order valence-corrected chi connectivity index (χ1v) is 13.1. The maximum atomic E-state index is 12.6. The number of imidazole rings is 1. The summed E-state index contributed by atoms with van der Waals surface area (Å²) in [7, 11) is 1.64. The van der Waals surface area contributed by atoms with Gasteiger partial charge >= 0.3 is 0 Å². The van der Waals surface area contributed by atoms with Crippen molar-refractivity contribution in [2.24, 2.45) is 0 Å². The number of hydrogen-bond donors (Lipinski definition) is 1. The first-order chi connectivity index (χ1) is 18.1. The van der Waals surface area contributed by atoms with Gasteiger partial charge in [0, 0.05) is 24.1 Å². The molecule has 7 heteroatoms. The molecule has 0 bridgehead atoms. The van der Waals surface area contributed by atoms with Crippen LogP contribution in [-0.2, 0) is 18.8 Å². The zero-order valence-corrected chi connectivity index (χ0v) is 21.7. The van der Waals surface area contributed by atoms with Crippen molar-refractivity contribution < 1.29 is 9.53 Å². The van der Waals surface area contributed by atoms with E-state index in [1.165, 1.54) is 11.1 Å². The Kier molecular flexibility index (Phi) is 7.51. The number of nitrogens with one attached hydrogen (secondary N) is 1. The summed E-state index contributed by atoms with van der Waals surface area (Å²) in [6.45, 7) is 3.34. The second-order valence-electron chi connectivity index (χ2n) is 8.79. The first-order valence-electron chi connectivity index (χ1n) is 12.1. The van der Waals surface area contributed by atoms with Crippen molar-refractivity contribution in [1.82, 2.24) is 19.9 Å². The molecule has 0 fully saturated rings. The van der Waals surface area contributed by atoms with Crippen LogP contribution in [0.25, 0.3) is 11.0 Å². The standard InChI is InChI=1S/C30H28N4O2S/c1-21-5-3-4-6-25(21)19-34-28-18-31-16-15-27(28)33-30(34)37-20-23-7-11-24(12-8-23)29(35)32-17-22-9-13-26(36-2)14-10-22/h3-16,18H,17,19-20H2,1-2H3,(H,32,35). The number of aromatic nitrogens is 3. The minimum Gasteiger partial charge on any atom is -0.497 e. The summed E-state index contributed by atoms with van der Waals surface area (Å²) in [5, 5.41) is 3.93. The normalized spacial score (nSPS) is 11.0. The Morgan fingerprint density at radius 1 is 0.973 bits per heavy atom. The Hall–Kier alpha value is -4.10. The number of benzene rings is 3. The van der Waals surface area contributed by atoms with E-state index in [1.54, 1.807) is 25.1 Å². The highest BCUT2D eigenvalue weighted by molar-refractivity contribution is 7.98. The highest BCUT2D eigenvalue weighted by Gasteiger charge is 2.13. The van der Waals surface area contributed by atoms with Crippen molar-refractivity contribution in [3.8, 4) is 5.75 Å². The van der Waals surface area contributed by atoms with Crippen LogP contribution < -0.4 is 10.1 Å². The largest absolute Gasteiger partial charge is 0.497 e. The average Bonchev–Trinajstić information content (AvgIpc) is 3.29. The molecule has 0 unspecified atom stereocenters. The summed E-state index contributed by atoms with van der Waals surface area (Å²) >= 11 is 1.69. The number of pyridine rings is 1.